The van der Waals surface area contributed by atoms with E-state index < -0.39 is 0 Å². The molecule has 2 heterocycles. The predicted molar refractivity (Wildman–Crippen MR) is 64.0 cm³/mol. The smallest absolute Gasteiger partial charge is 0.274 e. The van der Waals surface area contributed by atoms with Crippen molar-refractivity contribution in [3.05, 3.63) is 34.3 Å². The Bertz CT molecular complexity index is 543. The number of thiazole rings is 1. The lowest BCUT2D eigenvalue weighted by Crippen LogP contribution is -1.95. The fourth-order valence-electron chi connectivity index (χ4n) is 1.48. The summed E-state index contributed by atoms with van der Waals surface area (Å²) < 4.78 is 16.0. The van der Waals surface area contributed by atoms with Gasteiger partial charge in [0.2, 0.25) is 6.79 Å². The van der Waals surface area contributed by atoms with E-state index in [1.165, 1.54) is 11.3 Å². The van der Waals surface area contributed by atoms with Crippen LogP contribution in [-0.4, -0.2) is 11.8 Å². The number of nitrogens with zero attached hydrogens (tertiary/aromatic N) is 1. The maximum Gasteiger partial charge on any atom is 0.274 e. The lowest BCUT2D eigenvalue weighted by atomic mass is 10.2. The van der Waals surface area contributed by atoms with Crippen molar-refractivity contribution >= 4 is 22.9 Å². The number of rotatable bonds is 3. The molecule has 17 heavy (non-hydrogen) atoms. The van der Waals surface area contributed by atoms with Crippen molar-refractivity contribution in [3.8, 4) is 16.7 Å². The van der Waals surface area contributed by atoms with E-state index >= 15 is 0 Å². The summed E-state index contributed by atoms with van der Waals surface area (Å²) in [5, 5.41) is 2.75. The van der Waals surface area contributed by atoms with Gasteiger partial charge in [-0.1, -0.05) is 29.0 Å². The van der Waals surface area contributed by atoms with E-state index in [9.17, 15) is 0 Å². The molecule has 88 valence electrons. The van der Waals surface area contributed by atoms with E-state index in [4.69, 9.17) is 25.8 Å². The van der Waals surface area contributed by atoms with Crippen LogP contribution in [0.3, 0.4) is 0 Å². The molecule has 0 aliphatic carbocycles. The minimum atomic E-state index is 0.279. The van der Waals surface area contributed by atoms with Gasteiger partial charge in [0.15, 0.2) is 11.5 Å². The van der Waals surface area contributed by atoms with E-state index in [2.05, 4.69) is 4.98 Å². The fraction of sp³-hybridized carbons (Fsp3) is 0.182. The molecule has 1 aliphatic heterocycles. The third-order valence-corrected chi connectivity index (χ3v) is 3.33. The average molecular weight is 270 g/mol. The molecule has 1 aromatic carbocycles. The van der Waals surface area contributed by atoms with Crippen molar-refractivity contribution in [2.24, 2.45) is 0 Å². The lowest BCUT2D eigenvalue weighted by Gasteiger charge is -2.03. The van der Waals surface area contributed by atoms with Gasteiger partial charge in [-0.2, -0.15) is 4.98 Å². The Balaban J connectivity index is 1.69. The summed E-state index contributed by atoms with van der Waals surface area (Å²) in [6.07, 6.45) is 0. The molecule has 0 amide bonds. The molecule has 0 spiro atoms. The molecule has 0 N–H and O–H groups in total. The van der Waals surface area contributed by atoms with Crippen LogP contribution < -0.4 is 14.2 Å². The van der Waals surface area contributed by atoms with Crippen molar-refractivity contribution in [1.29, 1.82) is 0 Å². The first-order valence-electron chi connectivity index (χ1n) is 4.93. The van der Waals surface area contributed by atoms with Crippen molar-refractivity contribution in [2.75, 3.05) is 6.79 Å². The molecule has 1 aromatic heterocycles. The number of hydrogen-bond donors (Lipinski definition) is 0. The third kappa shape index (κ3) is 2.30. The predicted octanol–water partition coefficient (Wildman–Crippen LogP) is 3.10. The van der Waals surface area contributed by atoms with Gasteiger partial charge in [-0.3, -0.25) is 0 Å². The average Bonchev–Trinajstić information content (AvgIpc) is 2.94. The quantitative estimate of drug-likeness (QED) is 0.858. The van der Waals surface area contributed by atoms with Crippen LogP contribution in [0.15, 0.2) is 23.6 Å². The number of aromatic nitrogens is 1. The Morgan fingerprint density at radius 1 is 1.35 bits per heavy atom. The Labute approximate surface area is 107 Å². The number of halogens is 1. The monoisotopic (exact) mass is 269 g/mol. The van der Waals surface area contributed by atoms with E-state index in [0.29, 0.717) is 17.0 Å². The minimum absolute atomic E-state index is 0.279. The lowest BCUT2D eigenvalue weighted by molar-refractivity contribution is 0.174. The van der Waals surface area contributed by atoms with Crippen molar-refractivity contribution in [1.82, 2.24) is 4.98 Å². The molecule has 0 fully saturated rings. The Morgan fingerprint density at radius 2 is 2.24 bits per heavy atom. The molecule has 0 atom stereocenters. The fourth-order valence-corrected chi connectivity index (χ4v) is 2.27. The zero-order valence-electron chi connectivity index (χ0n) is 8.68. The van der Waals surface area contributed by atoms with E-state index in [-0.39, 0.29) is 6.79 Å². The summed E-state index contributed by atoms with van der Waals surface area (Å²) >= 11 is 7.07. The van der Waals surface area contributed by atoms with Crippen molar-refractivity contribution < 1.29 is 14.2 Å². The highest BCUT2D eigenvalue weighted by Gasteiger charge is 2.13. The van der Waals surface area contributed by atoms with Crippen LogP contribution in [0.2, 0.25) is 5.15 Å². The van der Waals surface area contributed by atoms with Gasteiger partial charge in [0, 0.05) is 5.38 Å². The molecular formula is C11H8ClNO3S. The van der Waals surface area contributed by atoms with Crippen LogP contribution in [0.5, 0.6) is 16.7 Å². The summed E-state index contributed by atoms with van der Waals surface area (Å²) in [4.78, 5) is 4.00. The van der Waals surface area contributed by atoms with Crippen LogP contribution in [0.25, 0.3) is 0 Å². The second kappa shape index (κ2) is 4.43. The molecular weight excluding hydrogens is 262 g/mol. The second-order valence-corrected chi connectivity index (χ2v) is 4.62. The summed E-state index contributed by atoms with van der Waals surface area (Å²) in [6.45, 7) is 0.711. The molecule has 0 unspecified atom stereocenters. The summed E-state index contributed by atoms with van der Waals surface area (Å²) in [5.74, 6) is 1.52. The molecule has 4 nitrogen and oxygen atoms in total. The Kier molecular flexibility index (Phi) is 2.78. The normalized spacial score (nSPS) is 12.8. The van der Waals surface area contributed by atoms with Crippen LogP contribution in [-0.2, 0) is 6.61 Å². The molecule has 1 aliphatic rings. The summed E-state index contributed by atoms with van der Waals surface area (Å²) in [5.41, 5.74) is 1.00. The van der Waals surface area contributed by atoms with Crippen LogP contribution in [0.4, 0.5) is 0 Å². The van der Waals surface area contributed by atoms with Gasteiger partial charge in [0.25, 0.3) is 5.19 Å². The molecule has 0 radical (unpaired) electrons. The summed E-state index contributed by atoms with van der Waals surface area (Å²) in [6, 6.07) is 5.70. The van der Waals surface area contributed by atoms with Gasteiger partial charge < -0.3 is 14.2 Å². The highest BCUT2D eigenvalue weighted by molar-refractivity contribution is 7.11. The van der Waals surface area contributed by atoms with Crippen LogP contribution in [0.1, 0.15) is 5.56 Å². The largest absolute Gasteiger partial charge is 0.465 e. The third-order valence-electron chi connectivity index (χ3n) is 2.25. The van der Waals surface area contributed by atoms with Gasteiger partial charge in [-0.05, 0) is 17.7 Å². The molecule has 0 bridgehead atoms. The first kappa shape index (κ1) is 10.7. The Morgan fingerprint density at radius 3 is 3.06 bits per heavy atom. The van der Waals surface area contributed by atoms with Gasteiger partial charge in [0.05, 0.1) is 0 Å². The number of benzene rings is 1. The maximum atomic E-state index is 5.70. The van der Waals surface area contributed by atoms with E-state index in [0.717, 1.165) is 17.1 Å². The number of ether oxygens (including phenoxy) is 3. The van der Waals surface area contributed by atoms with Gasteiger partial charge in [-0.15, -0.1) is 0 Å². The molecule has 2 aromatic rings. The van der Waals surface area contributed by atoms with Crippen LogP contribution >= 0.6 is 22.9 Å². The van der Waals surface area contributed by atoms with Crippen LogP contribution in [0, 0.1) is 0 Å². The van der Waals surface area contributed by atoms with Crippen molar-refractivity contribution in [3.63, 3.8) is 0 Å². The van der Waals surface area contributed by atoms with Gasteiger partial charge >= 0.3 is 0 Å². The van der Waals surface area contributed by atoms with Crippen molar-refractivity contribution in [2.45, 2.75) is 6.61 Å². The first-order chi connectivity index (χ1) is 8.31. The molecule has 0 saturated heterocycles. The molecule has 0 saturated carbocycles. The Hall–Kier alpha value is -1.46. The highest BCUT2D eigenvalue weighted by Crippen LogP contribution is 2.33. The van der Waals surface area contributed by atoms with Gasteiger partial charge in [-0.25, -0.2) is 0 Å². The SMILES string of the molecule is Clc1csc(OCc2ccc3c(c2)OCO3)n1. The van der Waals surface area contributed by atoms with E-state index in [1.807, 2.05) is 18.2 Å². The summed E-state index contributed by atoms with van der Waals surface area (Å²) in [7, 11) is 0. The van der Waals surface area contributed by atoms with E-state index in [1.54, 1.807) is 5.38 Å². The standard InChI is InChI=1S/C11H8ClNO3S/c12-10-5-17-11(13-10)14-4-7-1-2-8-9(3-7)16-6-15-8/h1-3,5H,4,6H2. The zero-order chi connectivity index (χ0) is 11.7. The minimum Gasteiger partial charge on any atom is -0.465 e. The maximum absolute atomic E-state index is 5.70. The van der Waals surface area contributed by atoms with Gasteiger partial charge in [0.1, 0.15) is 11.8 Å². The molecule has 6 heteroatoms. The number of hydrogen-bond acceptors (Lipinski definition) is 5. The second-order valence-electron chi connectivity index (χ2n) is 3.41. The number of fused-ring (bicyclic) bond motifs is 1. The topological polar surface area (TPSA) is 40.6 Å². The molecule has 3 rings (SSSR count). The first-order valence-corrected chi connectivity index (χ1v) is 6.19. The highest BCUT2D eigenvalue weighted by atomic mass is 35.5. The zero-order valence-corrected chi connectivity index (χ0v) is 10.3.